The smallest absolute Gasteiger partial charge is 0.251 e. The van der Waals surface area contributed by atoms with Crippen molar-refractivity contribution in [3.8, 4) is 0 Å². The number of hydrogen-bond acceptors (Lipinski definition) is 7. The van der Waals surface area contributed by atoms with Crippen molar-refractivity contribution in [3.63, 3.8) is 0 Å². The maximum absolute atomic E-state index is 11.5. The Hall–Kier alpha value is -1.06. The first-order valence-electron chi connectivity index (χ1n) is 5.98. The van der Waals surface area contributed by atoms with Gasteiger partial charge < -0.3 is 31.1 Å². The SMILES string of the molecule is CNCCCC(=O)[C@H](O)[C@@H](O)[C@@H](O)[C@H](O)C(=O)NC. The number of hydrogen-bond donors (Lipinski definition) is 6. The molecule has 0 aliphatic carbocycles. The molecule has 0 aliphatic rings. The van der Waals surface area contributed by atoms with Crippen molar-refractivity contribution in [3.05, 3.63) is 0 Å². The Bertz CT molecular complexity index is 299. The zero-order valence-electron chi connectivity index (χ0n) is 11.0. The van der Waals surface area contributed by atoms with E-state index in [1.807, 2.05) is 0 Å². The molecule has 19 heavy (non-hydrogen) atoms. The summed E-state index contributed by atoms with van der Waals surface area (Å²) >= 11 is 0. The molecule has 0 aromatic rings. The van der Waals surface area contributed by atoms with Gasteiger partial charge in [-0.1, -0.05) is 0 Å². The lowest BCUT2D eigenvalue weighted by Gasteiger charge is -2.24. The summed E-state index contributed by atoms with van der Waals surface area (Å²) in [5.74, 6) is -1.58. The van der Waals surface area contributed by atoms with E-state index in [2.05, 4.69) is 10.6 Å². The van der Waals surface area contributed by atoms with Gasteiger partial charge in [0.2, 0.25) is 0 Å². The van der Waals surface area contributed by atoms with Crippen molar-refractivity contribution < 1.29 is 30.0 Å². The zero-order valence-corrected chi connectivity index (χ0v) is 11.0. The number of ketones is 1. The van der Waals surface area contributed by atoms with Crippen molar-refractivity contribution in [2.24, 2.45) is 0 Å². The van der Waals surface area contributed by atoms with Crippen LogP contribution in [-0.4, -0.2) is 77.2 Å². The fraction of sp³-hybridized carbons (Fsp3) is 0.818. The zero-order chi connectivity index (χ0) is 15.0. The minimum absolute atomic E-state index is 0.0157. The largest absolute Gasteiger partial charge is 0.387 e. The molecule has 8 nitrogen and oxygen atoms in total. The summed E-state index contributed by atoms with van der Waals surface area (Å²) in [6.45, 7) is 0.567. The highest BCUT2D eigenvalue weighted by Crippen LogP contribution is 2.08. The maximum Gasteiger partial charge on any atom is 0.251 e. The number of aliphatic hydroxyl groups is 4. The van der Waals surface area contributed by atoms with E-state index in [-0.39, 0.29) is 6.42 Å². The fourth-order valence-corrected chi connectivity index (χ4v) is 1.45. The normalized spacial score (nSPS) is 17.4. The van der Waals surface area contributed by atoms with E-state index in [0.717, 1.165) is 0 Å². The highest BCUT2D eigenvalue weighted by atomic mass is 16.4. The van der Waals surface area contributed by atoms with Crippen molar-refractivity contribution in [2.45, 2.75) is 37.3 Å². The van der Waals surface area contributed by atoms with Crippen molar-refractivity contribution in [2.75, 3.05) is 20.6 Å². The number of carbonyl (C=O) groups is 2. The molecular formula is C11H22N2O6. The lowest BCUT2D eigenvalue weighted by Crippen LogP contribution is -2.52. The van der Waals surface area contributed by atoms with Gasteiger partial charge in [-0.25, -0.2) is 0 Å². The quantitative estimate of drug-likeness (QED) is 0.243. The molecule has 0 fully saturated rings. The topological polar surface area (TPSA) is 139 Å². The second-order valence-electron chi connectivity index (χ2n) is 4.16. The van der Waals surface area contributed by atoms with Crippen LogP contribution in [0.15, 0.2) is 0 Å². The van der Waals surface area contributed by atoms with E-state index in [1.165, 1.54) is 7.05 Å². The van der Waals surface area contributed by atoms with E-state index in [9.17, 15) is 30.0 Å². The second-order valence-corrected chi connectivity index (χ2v) is 4.16. The first-order chi connectivity index (χ1) is 8.86. The summed E-state index contributed by atoms with van der Waals surface area (Å²) in [6, 6.07) is 0. The molecule has 112 valence electrons. The van der Waals surface area contributed by atoms with Gasteiger partial charge in [0.25, 0.3) is 5.91 Å². The van der Waals surface area contributed by atoms with Crippen molar-refractivity contribution in [1.82, 2.24) is 10.6 Å². The Labute approximate surface area is 111 Å². The Morgan fingerprint density at radius 1 is 1.00 bits per heavy atom. The minimum atomic E-state index is -1.94. The predicted molar refractivity (Wildman–Crippen MR) is 66.3 cm³/mol. The van der Waals surface area contributed by atoms with Gasteiger partial charge in [0, 0.05) is 13.5 Å². The Kier molecular flexibility index (Phi) is 8.44. The summed E-state index contributed by atoms with van der Waals surface area (Å²) < 4.78 is 0. The molecule has 0 heterocycles. The Morgan fingerprint density at radius 2 is 1.53 bits per heavy atom. The van der Waals surface area contributed by atoms with Crippen LogP contribution >= 0.6 is 0 Å². The molecule has 0 spiro atoms. The number of Topliss-reactive ketones (excluding diaryl/α,β-unsaturated/α-hetero) is 1. The summed E-state index contributed by atoms with van der Waals surface area (Å²) in [7, 11) is 2.95. The first kappa shape index (κ1) is 17.9. The third kappa shape index (κ3) is 5.62. The van der Waals surface area contributed by atoms with E-state index >= 15 is 0 Å². The molecule has 6 N–H and O–H groups in total. The highest BCUT2D eigenvalue weighted by molar-refractivity contribution is 5.84. The molecule has 0 aromatic carbocycles. The predicted octanol–water partition coefficient (Wildman–Crippen LogP) is -3.26. The van der Waals surface area contributed by atoms with Crippen LogP contribution in [0.3, 0.4) is 0 Å². The molecule has 0 radical (unpaired) electrons. The van der Waals surface area contributed by atoms with Gasteiger partial charge in [0.05, 0.1) is 0 Å². The van der Waals surface area contributed by atoms with Gasteiger partial charge in [-0.05, 0) is 20.0 Å². The van der Waals surface area contributed by atoms with Crippen LogP contribution in [-0.2, 0) is 9.59 Å². The van der Waals surface area contributed by atoms with E-state index < -0.39 is 36.1 Å². The van der Waals surface area contributed by atoms with Crippen molar-refractivity contribution in [1.29, 1.82) is 0 Å². The van der Waals surface area contributed by atoms with E-state index in [0.29, 0.717) is 13.0 Å². The number of amides is 1. The number of carbonyl (C=O) groups excluding carboxylic acids is 2. The fourth-order valence-electron chi connectivity index (χ4n) is 1.45. The maximum atomic E-state index is 11.5. The monoisotopic (exact) mass is 278 g/mol. The van der Waals surface area contributed by atoms with Gasteiger partial charge in [0.15, 0.2) is 11.9 Å². The van der Waals surface area contributed by atoms with Crippen LogP contribution in [0.1, 0.15) is 12.8 Å². The van der Waals surface area contributed by atoms with Crippen LogP contribution in [0.5, 0.6) is 0 Å². The van der Waals surface area contributed by atoms with Gasteiger partial charge in [-0.3, -0.25) is 9.59 Å². The van der Waals surface area contributed by atoms with Crippen LogP contribution in [0.4, 0.5) is 0 Å². The molecule has 0 saturated carbocycles. The molecular weight excluding hydrogens is 256 g/mol. The summed E-state index contributed by atoms with van der Waals surface area (Å²) in [6.07, 6.45) is -7.14. The Morgan fingerprint density at radius 3 is 2.00 bits per heavy atom. The molecule has 8 heteroatoms. The second kappa shape index (κ2) is 8.94. The summed E-state index contributed by atoms with van der Waals surface area (Å²) in [5, 5.41) is 42.8. The minimum Gasteiger partial charge on any atom is -0.387 e. The van der Waals surface area contributed by atoms with Crippen LogP contribution in [0, 0.1) is 0 Å². The van der Waals surface area contributed by atoms with Crippen LogP contribution < -0.4 is 10.6 Å². The first-order valence-corrected chi connectivity index (χ1v) is 5.98. The third-order valence-corrected chi connectivity index (χ3v) is 2.69. The van der Waals surface area contributed by atoms with Gasteiger partial charge >= 0.3 is 0 Å². The van der Waals surface area contributed by atoms with Gasteiger partial charge in [0.1, 0.15) is 18.3 Å². The number of rotatable bonds is 9. The van der Waals surface area contributed by atoms with Gasteiger partial charge in [-0.15, -0.1) is 0 Å². The summed E-state index contributed by atoms with van der Waals surface area (Å²) in [5.41, 5.74) is 0. The lowest BCUT2D eigenvalue weighted by atomic mass is 9.97. The van der Waals surface area contributed by atoms with Crippen LogP contribution in [0.25, 0.3) is 0 Å². The number of likely N-dealkylation sites (N-methyl/N-ethyl adjacent to an activating group) is 1. The molecule has 0 unspecified atom stereocenters. The number of aliphatic hydroxyl groups excluding tert-OH is 4. The van der Waals surface area contributed by atoms with Crippen LogP contribution in [0.2, 0.25) is 0 Å². The summed E-state index contributed by atoms with van der Waals surface area (Å²) in [4.78, 5) is 22.5. The molecule has 0 rings (SSSR count). The standard InChI is InChI=1S/C11H22N2O6/c1-12-5-3-4-6(14)7(15)8(16)9(17)10(18)11(19)13-2/h7-10,12,15-18H,3-5H2,1-2H3,(H,13,19)/t7-,8+,9+,10-/m0/s1. The average Bonchev–Trinajstić information content (AvgIpc) is 2.43. The third-order valence-electron chi connectivity index (χ3n) is 2.69. The lowest BCUT2D eigenvalue weighted by molar-refractivity contribution is -0.154. The molecule has 0 saturated heterocycles. The Balaban J connectivity index is 4.41. The molecule has 4 atom stereocenters. The molecule has 1 amide bonds. The average molecular weight is 278 g/mol. The molecule has 0 aromatic heterocycles. The van der Waals surface area contributed by atoms with E-state index in [4.69, 9.17) is 0 Å². The van der Waals surface area contributed by atoms with Crippen molar-refractivity contribution >= 4 is 11.7 Å². The molecule has 0 aliphatic heterocycles. The highest BCUT2D eigenvalue weighted by Gasteiger charge is 2.36. The molecule has 0 bridgehead atoms. The van der Waals surface area contributed by atoms with Gasteiger partial charge in [-0.2, -0.15) is 0 Å². The van der Waals surface area contributed by atoms with E-state index in [1.54, 1.807) is 7.05 Å². The number of nitrogens with one attached hydrogen (secondary N) is 2.